The Kier molecular flexibility index (Phi) is 4.61. The number of anilines is 1. The van der Waals surface area contributed by atoms with Crippen LogP contribution in [0.1, 0.15) is 20.3 Å². The van der Waals surface area contributed by atoms with Crippen LogP contribution in [-0.4, -0.2) is 25.7 Å². The van der Waals surface area contributed by atoms with Crippen LogP contribution in [0.2, 0.25) is 5.02 Å². The van der Waals surface area contributed by atoms with Crippen molar-refractivity contribution in [3.05, 3.63) is 23.2 Å². The Morgan fingerprint density at radius 1 is 1.44 bits per heavy atom. The van der Waals surface area contributed by atoms with E-state index in [1.807, 2.05) is 0 Å². The van der Waals surface area contributed by atoms with Crippen molar-refractivity contribution in [2.24, 2.45) is 0 Å². The van der Waals surface area contributed by atoms with Crippen molar-refractivity contribution < 1.29 is 13.5 Å². The van der Waals surface area contributed by atoms with Crippen molar-refractivity contribution in [2.45, 2.75) is 30.7 Å². The Hall–Kier alpha value is -0.820. The highest BCUT2D eigenvalue weighted by Gasteiger charge is 2.27. The van der Waals surface area contributed by atoms with E-state index in [1.165, 1.54) is 18.2 Å². The van der Waals surface area contributed by atoms with Crippen molar-refractivity contribution in [3.63, 3.8) is 0 Å². The monoisotopic (exact) mass is 292 g/mol. The molecule has 18 heavy (non-hydrogen) atoms. The number of hydrogen-bond acceptors (Lipinski definition) is 4. The topological polar surface area (TPSA) is 92.4 Å². The van der Waals surface area contributed by atoms with Crippen LogP contribution in [0.4, 0.5) is 5.69 Å². The molecule has 1 aromatic rings. The van der Waals surface area contributed by atoms with Crippen LogP contribution in [0.3, 0.4) is 0 Å². The second kappa shape index (κ2) is 5.44. The Balaban J connectivity index is 3.07. The van der Waals surface area contributed by atoms with Gasteiger partial charge in [-0.3, -0.25) is 0 Å². The normalized spacial score (nSPS) is 12.7. The standard InChI is InChI=1S/C11H17ClN2O3S/c1-11(2,5-6-15)14-18(16,17)10-4-3-8(13)7-9(10)12/h3-4,7,14-15H,5-6,13H2,1-2H3. The molecule has 0 heterocycles. The molecule has 0 bridgehead atoms. The Morgan fingerprint density at radius 3 is 2.56 bits per heavy atom. The highest BCUT2D eigenvalue weighted by molar-refractivity contribution is 7.89. The van der Waals surface area contributed by atoms with Gasteiger partial charge in [0.15, 0.2) is 0 Å². The zero-order chi connectivity index (χ0) is 14.0. The molecule has 0 saturated carbocycles. The second-order valence-corrected chi connectivity index (χ2v) is 6.71. The SMILES string of the molecule is CC(C)(CCO)NS(=O)(=O)c1ccc(N)cc1Cl. The summed E-state index contributed by atoms with van der Waals surface area (Å²) in [4.78, 5) is -0.0237. The molecule has 102 valence electrons. The van der Waals surface area contributed by atoms with E-state index in [-0.39, 0.29) is 16.5 Å². The van der Waals surface area contributed by atoms with Crippen molar-refractivity contribution in [1.29, 1.82) is 0 Å². The van der Waals surface area contributed by atoms with Gasteiger partial charge in [0.05, 0.1) is 5.02 Å². The van der Waals surface area contributed by atoms with Gasteiger partial charge >= 0.3 is 0 Å². The number of benzene rings is 1. The molecule has 4 N–H and O–H groups in total. The predicted octanol–water partition coefficient (Wildman–Crippen LogP) is 1.36. The van der Waals surface area contributed by atoms with Crippen molar-refractivity contribution in [1.82, 2.24) is 4.72 Å². The van der Waals surface area contributed by atoms with E-state index in [0.717, 1.165) is 0 Å². The van der Waals surface area contributed by atoms with E-state index in [4.69, 9.17) is 22.4 Å². The quantitative estimate of drug-likeness (QED) is 0.715. The molecule has 0 atom stereocenters. The molecule has 0 amide bonds. The summed E-state index contributed by atoms with van der Waals surface area (Å²) >= 11 is 5.87. The van der Waals surface area contributed by atoms with Gasteiger partial charge in [0.1, 0.15) is 4.90 Å². The molecule has 0 saturated heterocycles. The molecule has 7 heteroatoms. The van der Waals surface area contributed by atoms with Crippen LogP contribution < -0.4 is 10.5 Å². The fourth-order valence-corrected chi connectivity index (χ4v) is 3.48. The first-order chi connectivity index (χ1) is 8.18. The number of hydrogen-bond donors (Lipinski definition) is 3. The van der Waals surface area contributed by atoms with Gasteiger partial charge < -0.3 is 10.8 Å². The minimum absolute atomic E-state index is 0.0237. The first-order valence-corrected chi connectivity index (χ1v) is 7.24. The van der Waals surface area contributed by atoms with Gasteiger partial charge in [0.2, 0.25) is 10.0 Å². The molecule has 0 aliphatic rings. The molecular weight excluding hydrogens is 276 g/mol. The molecule has 0 aliphatic heterocycles. The van der Waals surface area contributed by atoms with Gasteiger partial charge in [0.25, 0.3) is 0 Å². The van der Waals surface area contributed by atoms with Crippen LogP contribution in [-0.2, 0) is 10.0 Å². The van der Waals surface area contributed by atoms with Crippen molar-refractivity contribution >= 4 is 27.3 Å². The average molecular weight is 293 g/mol. The minimum Gasteiger partial charge on any atom is -0.399 e. The van der Waals surface area contributed by atoms with E-state index < -0.39 is 15.6 Å². The number of rotatable bonds is 5. The van der Waals surface area contributed by atoms with Crippen LogP contribution in [0, 0.1) is 0 Å². The molecule has 5 nitrogen and oxygen atoms in total. The van der Waals surface area contributed by atoms with E-state index in [9.17, 15) is 8.42 Å². The van der Waals surface area contributed by atoms with Crippen molar-refractivity contribution in [2.75, 3.05) is 12.3 Å². The number of nitrogens with one attached hydrogen (secondary N) is 1. The summed E-state index contributed by atoms with van der Waals surface area (Å²) < 4.78 is 26.8. The van der Waals surface area contributed by atoms with E-state index in [2.05, 4.69) is 4.72 Å². The summed E-state index contributed by atoms with van der Waals surface area (Å²) in [5.74, 6) is 0. The summed E-state index contributed by atoms with van der Waals surface area (Å²) in [6.07, 6.45) is 0.304. The average Bonchev–Trinajstić information content (AvgIpc) is 2.14. The molecule has 1 aromatic carbocycles. The second-order valence-electron chi connectivity index (χ2n) is 4.65. The zero-order valence-corrected chi connectivity index (χ0v) is 11.8. The van der Waals surface area contributed by atoms with Gasteiger partial charge in [-0.25, -0.2) is 13.1 Å². The Bertz CT molecular complexity index is 529. The predicted molar refractivity (Wildman–Crippen MR) is 72.0 cm³/mol. The van der Waals surface area contributed by atoms with E-state index in [0.29, 0.717) is 12.1 Å². The number of aliphatic hydroxyl groups is 1. The third-order valence-corrected chi connectivity index (χ3v) is 4.57. The number of nitrogens with two attached hydrogens (primary N) is 1. The molecule has 0 unspecified atom stereocenters. The molecule has 0 spiro atoms. The number of sulfonamides is 1. The minimum atomic E-state index is -3.74. The third kappa shape index (κ3) is 3.84. The molecular formula is C11H17ClN2O3S. The highest BCUT2D eigenvalue weighted by atomic mass is 35.5. The molecule has 0 aliphatic carbocycles. The largest absolute Gasteiger partial charge is 0.399 e. The third-order valence-electron chi connectivity index (χ3n) is 2.39. The highest BCUT2D eigenvalue weighted by Crippen LogP contribution is 2.25. The Labute approximate surface area is 112 Å². The lowest BCUT2D eigenvalue weighted by Gasteiger charge is -2.25. The molecule has 1 rings (SSSR count). The smallest absolute Gasteiger partial charge is 0.242 e. The van der Waals surface area contributed by atoms with E-state index >= 15 is 0 Å². The van der Waals surface area contributed by atoms with Crippen LogP contribution in [0.25, 0.3) is 0 Å². The summed E-state index contributed by atoms with van der Waals surface area (Å²) in [7, 11) is -3.74. The Morgan fingerprint density at radius 2 is 2.06 bits per heavy atom. The van der Waals surface area contributed by atoms with Crippen LogP contribution in [0.15, 0.2) is 23.1 Å². The lowest BCUT2D eigenvalue weighted by molar-refractivity contribution is 0.246. The zero-order valence-electron chi connectivity index (χ0n) is 10.3. The lowest BCUT2D eigenvalue weighted by atomic mass is 10.0. The van der Waals surface area contributed by atoms with Gasteiger partial charge in [-0.05, 0) is 38.5 Å². The number of halogens is 1. The maximum Gasteiger partial charge on any atom is 0.242 e. The van der Waals surface area contributed by atoms with Crippen LogP contribution >= 0.6 is 11.6 Å². The summed E-state index contributed by atoms with van der Waals surface area (Å²) in [6, 6.07) is 4.21. The van der Waals surface area contributed by atoms with Gasteiger partial charge in [-0.2, -0.15) is 0 Å². The van der Waals surface area contributed by atoms with Gasteiger partial charge in [0, 0.05) is 17.8 Å². The van der Waals surface area contributed by atoms with Crippen molar-refractivity contribution in [3.8, 4) is 0 Å². The fourth-order valence-electron chi connectivity index (χ4n) is 1.48. The summed E-state index contributed by atoms with van der Waals surface area (Å²) in [5.41, 5.74) is 5.16. The molecule has 0 aromatic heterocycles. The number of aliphatic hydroxyl groups excluding tert-OH is 1. The maximum absolute atomic E-state index is 12.1. The number of nitrogen functional groups attached to an aromatic ring is 1. The maximum atomic E-state index is 12.1. The fraction of sp³-hybridized carbons (Fsp3) is 0.455. The molecule has 0 fully saturated rings. The summed E-state index contributed by atoms with van der Waals surface area (Å²) in [5, 5.41) is 8.95. The molecule has 0 radical (unpaired) electrons. The van der Waals surface area contributed by atoms with Gasteiger partial charge in [-0.15, -0.1) is 0 Å². The van der Waals surface area contributed by atoms with E-state index in [1.54, 1.807) is 13.8 Å². The van der Waals surface area contributed by atoms with Crippen LogP contribution in [0.5, 0.6) is 0 Å². The lowest BCUT2D eigenvalue weighted by Crippen LogP contribution is -2.43. The summed E-state index contributed by atoms with van der Waals surface area (Å²) in [6.45, 7) is 3.27. The first kappa shape index (κ1) is 15.2. The first-order valence-electron chi connectivity index (χ1n) is 5.38. The van der Waals surface area contributed by atoms with Gasteiger partial charge in [-0.1, -0.05) is 11.6 Å².